The van der Waals surface area contributed by atoms with Crippen LogP contribution in [-0.2, 0) is 10.0 Å². The molecule has 0 saturated carbocycles. The Morgan fingerprint density at radius 2 is 2.14 bits per heavy atom. The van der Waals surface area contributed by atoms with Crippen LogP contribution in [0.5, 0.6) is 5.75 Å². The maximum absolute atomic E-state index is 12.2. The van der Waals surface area contributed by atoms with Gasteiger partial charge in [0, 0.05) is 0 Å². The number of aromatic carboxylic acids is 1. The molecule has 0 radical (unpaired) electrons. The molecule has 112 valence electrons. The van der Waals surface area contributed by atoms with Crippen LogP contribution in [-0.4, -0.2) is 36.8 Å². The molecule has 0 fully saturated rings. The topological polar surface area (TPSA) is 121 Å². The Balaban J connectivity index is 2.44. The average molecular weight is 311 g/mol. The van der Waals surface area contributed by atoms with Gasteiger partial charge >= 0.3 is 5.97 Å². The first-order valence-electron chi connectivity index (χ1n) is 5.79. The molecule has 0 saturated heterocycles. The number of carboxylic acid groups (broad SMARTS) is 1. The van der Waals surface area contributed by atoms with E-state index in [4.69, 9.17) is 9.84 Å². The van der Waals surface area contributed by atoms with Crippen LogP contribution < -0.4 is 9.46 Å². The normalized spacial score (nSPS) is 11.1. The largest absolute Gasteiger partial charge is 0.497 e. The van der Waals surface area contributed by atoms with Gasteiger partial charge < -0.3 is 9.84 Å². The Morgan fingerprint density at radius 1 is 1.43 bits per heavy atom. The lowest BCUT2D eigenvalue weighted by atomic mass is 10.2. The highest BCUT2D eigenvalue weighted by atomic mass is 32.2. The molecule has 21 heavy (non-hydrogen) atoms. The fraction of sp³-hybridized carbons (Fsp3) is 0.167. The molecule has 0 atom stereocenters. The Labute approximate surface area is 120 Å². The van der Waals surface area contributed by atoms with E-state index in [1.807, 2.05) is 0 Å². The molecule has 0 aliphatic rings. The van der Waals surface area contributed by atoms with Gasteiger partial charge in [-0.3, -0.25) is 9.82 Å². The third kappa shape index (κ3) is 2.97. The number of hydrogen-bond acceptors (Lipinski definition) is 5. The number of aromatic nitrogens is 2. The monoisotopic (exact) mass is 311 g/mol. The second kappa shape index (κ2) is 5.44. The average Bonchev–Trinajstić information content (AvgIpc) is 2.85. The Bertz CT molecular complexity index is 782. The number of hydrogen-bond donors (Lipinski definition) is 3. The van der Waals surface area contributed by atoms with E-state index < -0.39 is 16.0 Å². The van der Waals surface area contributed by atoms with Crippen molar-refractivity contribution in [2.45, 2.75) is 11.8 Å². The van der Waals surface area contributed by atoms with Crippen molar-refractivity contribution in [2.24, 2.45) is 0 Å². The number of ether oxygens (including phenoxy) is 1. The van der Waals surface area contributed by atoms with Crippen molar-refractivity contribution in [3.05, 3.63) is 35.7 Å². The van der Waals surface area contributed by atoms with Gasteiger partial charge in [0.2, 0.25) is 0 Å². The molecule has 0 bridgehead atoms. The lowest BCUT2D eigenvalue weighted by molar-refractivity contribution is 0.0697. The Kier molecular flexibility index (Phi) is 3.85. The van der Waals surface area contributed by atoms with Crippen LogP contribution in [0.3, 0.4) is 0 Å². The number of nitrogens with zero attached hydrogens (tertiary/aromatic N) is 1. The van der Waals surface area contributed by atoms with Gasteiger partial charge in [0.25, 0.3) is 10.0 Å². The summed E-state index contributed by atoms with van der Waals surface area (Å²) in [5.74, 6) is -0.953. The summed E-state index contributed by atoms with van der Waals surface area (Å²) in [4.78, 5) is 11.2. The van der Waals surface area contributed by atoms with Crippen molar-refractivity contribution in [1.82, 2.24) is 10.2 Å². The van der Waals surface area contributed by atoms with Crippen molar-refractivity contribution >= 4 is 21.7 Å². The molecule has 8 nitrogen and oxygen atoms in total. The second-order valence-electron chi connectivity index (χ2n) is 4.18. The van der Waals surface area contributed by atoms with Crippen LogP contribution in [0, 0.1) is 6.92 Å². The molecule has 1 aromatic carbocycles. The zero-order valence-corrected chi connectivity index (χ0v) is 12.1. The van der Waals surface area contributed by atoms with Crippen LogP contribution in [0.4, 0.5) is 5.69 Å². The molecule has 0 aliphatic heterocycles. The van der Waals surface area contributed by atoms with Gasteiger partial charge in [0.05, 0.1) is 30.3 Å². The van der Waals surface area contributed by atoms with Crippen molar-refractivity contribution in [3.8, 4) is 5.75 Å². The van der Waals surface area contributed by atoms with E-state index in [-0.39, 0.29) is 16.1 Å². The van der Waals surface area contributed by atoms with Gasteiger partial charge in [0.1, 0.15) is 10.6 Å². The number of anilines is 1. The summed E-state index contributed by atoms with van der Waals surface area (Å²) in [5.41, 5.74) is 0.0934. The highest BCUT2D eigenvalue weighted by Gasteiger charge is 2.22. The highest BCUT2D eigenvalue weighted by Crippen LogP contribution is 2.25. The molecule has 1 aromatic heterocycles. The number of rotatable bonds is 5. The summed E-state index contributed by atoms with van der Waals surface area (Å²) in [6.45, 7) is 1.55. The van der Waals surface area contributed by atoms with Gasteiger partial charge in [-0.25, -0.2) is 13.2 Å². The third-order valence-electron chi connectivity index (χ3n) is 2.77. The molecular weight excluding hydrogens is 298 g/mol. The summed E-state index contributed by atoms with van der Waals surface area (Å²) >= 11 is 0. The van der Waals surface area contributed by atoms with Crippen molar-refractivity contribution in [3.63, 3.8) is 0 Å². The second-order valence-corrected chi connectivity index (χ2v) is 5.83. The molecule has 2 rings (SSSR count). The number of aromatic amines is 1. The predicted molar refractivity (Wildman–Crippen MR) is 74.1 cm³/mol. The van der Waals surface area contributed by atoms with Crippen LogP contribution in [0.1, 0.15) is 16.1 Å². The number of methoxy groups -OCH3 is 1. The minimum atomic E-state index is -3.92. The predicted octanol–water partition coefficient (Wildman–Crippen LogP) is 1.23. The molecule has 0 aliphatic carbocycles. The number of H-pyrrole nitrogens is 1. The summed E-state index contributed by atoms with van der Waals surface area (Å²) in [6.07, 6.45) is 1.15. The van der Waals surface area contributed by atoms with E-state index in [2.05, 4.69) is 14.9 Å². The molecule has 2 aromatic rings. The zero-order valence-electron chi connectivity index (χ0n) is 11.2. The lowest BCUT2D eigenvalue weighted by Crippen LogP contribution is -2.16. The van der Waals surface area contributed by atoms with Crippen LogP contribution in [0.15, 0.2) is 29.3 Å². The first-order chi connectivity index (χ1) is 9.85. The molecule has 1 heterocycles. The van der Waals surface area contributed by atoms with E-state index in [0.29, 0.717) is 11.4 Å². The maximum atomic E-state index is 12.2. The third-order valence-corrected chi connectivity index (χ3v) is 4.25. The van der Waals surface area contributed by atoms with Crippen LogP contribution >= 0.6 is 0 Å². The Morgan fingerprint density at radius 3 is 2.67 bits per heavy atom. The summed E-state index contributed by atoms with van der Waals surface area (Å²) < 4.78 is 31.6. The van der Waals surface area contributed by atoms with Gasteiger partial charge in [0.15, 0.2) is 0 Å². The maximum Gasteiger partial charge on any atom is 0.337 e. The van der Waals surface area contributed by atoms with Gasteiger partial charge in [-0.05, 0) is 25.1 Å². The van der Waals surface area contributed by atoms with E-state index in [1.54, 1.807) is 6.92 Å². The van der Waals surface area contributed by atoms with Gasteiger partial charge in [-0.15, -0.1) is 0 Å². The number of sulfonamides is 1. The standard InChI is InChI=1S/C12H13N3O5S/c1-7-11(6-13-14-7)21(18,19)15-10-4-3-8(20-2)5-9(10)12(16)17/h3-6,15H,1-2H3,(H,13,14)(H,16,17). The minimum absolute atomic E-state index is 0.0466. The first kappa shape index (κ1) is 14.9. The molecular formula is C12H13N3O5S. The summed E-state index contributed by atoms with van der Waals surface area (Å²) in [6, 6.07) is 4.03. The SMILES string of the molecule is COc1ccc(NS(=O)(=O)c2cn[nH]c2C)c(C(=O)O)c1. The number of carbonyl (C=O) groups is 1. The lowest BCUT2D eigenvalue weighted by Gasteiger charge is -2.11. The van der Waals surface area contributed by atoms with E-state index >= 15 is 0 Å². The number of carboxylic acids is 1. The van der Waals surface area contributed by atoms with Crippen molar-refractivity contribution in [1.29, 1.82) is 0 Å². The van der Waals surface area contributed by atoms with Crippen LogP contribution in [0.2, 0.25) is 0 Å². The van der Waals surface area contributed by atoms with E-state index in [0.717, 1.165) is 6.20 Å². The van der Waals surface area contributed by atoms with Gasteiger partial charge in [-0.2, -0.15) is 5.10 Å². The molecule has 0 unspecified atom stereocenters. The fourth-order valence-electron chi connectivity index (χ4n) is 1.73. The smallest absolute Gasteiger partial charge is 0.337 e. The number of nitrogens with one attached hydrogen (secondary N) is 2. The van der Waals surface area contributed by atoms with E-state index in [9.17, 15) is 13.2 Å². The van der Waals surface area contributed by atoms with Crippen LogP contribution in [0.25, 0.3) is 0 Å². The molecule has 3 N–H and O–H groups in total. The quantitative estimate of drug-likeness (QED) is 0.763. The van der Waals surface area contributed by atoms with Crippen molar-refractivity contribution in [2.75, 3.05) is 11.8 Å². The first-order valence-corrected chi connectivity index (χ1v) is 7.27. The molecule has 9 heteroatoms. The summed E-state index contributed by atoms with van der Waals surface area (Å²) in [5, 5.41) is 15.3. The fourth-order valence-corrected chi connectivity index (χ4v) is 2.94. The number of aryl methyl sites for hydroxylation is 1. The molecule has 0 spiro atoms. The van der Waals surface area contributed by atoms with Gasteiger partial charge in [-0.1, -0.05) is 0 Å². The molecule has 0 amide bonds. The zero-order chi connectivity index (χ0) is 15.6. The van der Waals surface area contributed by atoms with Crippen molar-refractivity contribution < 1.29 is 23.1 Å². The minimum Gasteiger partial charge on any atom is -0.497 e. The highest BCUT2D eigenvalue weighted by molar-refractivity contribution is 7.92. The summed E-state index contributed by atoms with van der Waals surface area (Å²) in [7, 11) is -2.54. The van der Waals surface area contributed by atoms with E-state index in [1.165, 1.54) is 25.3 Å². The number of benzene rings is 1. The Hall–Kier alpha value is -2.55.